The average molecular weight is 371 g/mol. The van der Waals surface area contributed by atoms with E-state index in [0.29, 0.717) is 11.3 Å². The molecule has 5 nitrogen and oxygen atoms in total. The maximum absolute atomic E-state index is 11.2. The Hall–Kier alpha value is -3.39. The van der Waals surface area contributed by atoms with Crippen molar-refractivity contribution in [3.8, 4) is 6.07 Å². The lowest BCUT2D eigenvalue weighted by Crippen LogP contribution is -2.19. The van der Waals surface area contributed by atoms with Crippen LogP contribution in [-0.2, 0) is 11.2 Å². The summed E-state index contributed by atoms with van der Waals surface area (Å²) < 4.78 is 2.07. The summed E-state index contributed by atoms with van der Waals surface area (Å²) in [5, 5.41) is 19.9. The molecule has 140 valence electrons. The minimum Gasteiger partial charge on any atom is -0.478 e. The number of fused-ring (bicyclic) bond motifs is 2. The van der Waals surface area contributed by atoms with Crippen LogP contribution in [-0.4, -0.2) is 20.6 Å². The van der Waals surface area contributed by atoms with Gasteiger partial charge >= 0.3 is 5.97 Å². The van der Waals surface area contributed by atoms with Gasteiger partial charge in [-0.2, -0.15) is 5.26 Å². The Morgan fingerprint density at radius 3 is 2.89 bits per heavy atom. The van der Waals surface area contributed by atoms with E-state index in [9.17, 15) is 15.2 Å². The topological polar surface area (TPSA) is 78.9 Å². The molecule has 28 heavy (non-hydrogen) atoms. The number of benzene rings is 1. The smallest absolute Gasteiger partial charge is 0.328 e. The van der Waals surface area contributed by atoms with Crippen LogP contribution in [0, 0.1) is 25.2 Å². The molecule has 0 saturated heterocycles. The summed E-state index contributed by atoms with van der Waals surface area (Å²) in [6.45, 7) is 3.92. The number of rotatable bonds is 3. The summed E-state index contributed by atoms with van der Waals surface area (Å²) in [6.07, 6.45) is 5.63. The van der Waals surface area contributed by atoms with Crippen LogP contribution >= 0.6 is 0 Å². The van der Waals surface area contributed by atoms with Crippen molar-refractivity contribution in [1.29, 1.82) is 5.26 Å². The van der Waals surface area contributed by atoms with Gasteiger partial charge in [0, 0.05) is 17.2 Å². The number of hydrogen-bond donors (Lipinski definition) is 1. The van der Waals surface area contributed by atoms with E-state index in [2.05, 4.69) is 22.8 Å². The fourth-order valence-electron chi connectivity index (χ4n) is 4.40. The van der Waals surface area contributed by atoms with Gasteiger partial charge in [-0.05, 0) is 61.9 Å². The van der Waals surface area contributed by atoms with Crippen molar-refractivity contribution in [3.63, 3.8) is 0 Å². The second kappa shape index (κ2) is 6.97. The normalized spacial score (nSPS) is 16.2. The fraction of sp³-hybridized carbons (Fsp3) is 0.261. The standard InChI is InChI=1S/C23H21N3O2/c1-14-12-15(2)25-23-22(14)18(13-24)20(10-11-21(27)28)26(23)19-9-5-7-16-6-3-4-8-17(16)19/h3-4,6,8,10-12,19H,5,7,9H2,1-2H3,(H,27,28)/t19-/m1/s1. The molecule has 0 spiro atoms. The molecule has 1 N–H and O–H groups in total. The second-order valence-electron chi connectivity index (χ2n) is 7.30. The van der Waals surface area contributed by atoms with Crippen LogP contribution in [0.5, 0.6) is 0 Å². The van der Waals surface area contributed by atoms with Gasteiger partial charge in [0.15, 0.2) is 0 Å². The number of nitriles is 1. The van der Waals surface area contributed by atoms with E-state index < -0.39 is 5.97 Å². The van der Waals surface area contributed by atoms with E-state index in [1.165, 1.54) is 17.2 Å². The zero-order valence-electron chi connectivity index (χ0n) is 15.9. The highest BCUT2D eigenvalue weighted by Gasteiger charge is 2.28. The van der Waals surface area contributed by atoms with E-state index in [0.717, 1.165) is 47.6 Å². The van der Waals surface area contributed by atoms with Gasteiger partial charge < -0.3 is 9.67 Å². The number of aryl methyl sites for hydroxylation is 3. The molecule has 0 aliphatic heterocycles. The number of carboxylic acids is 1. The van der Waals surface area contributed by atoms with Gasteiger partial charge in [0.1, 0.15) is 11.7 Å². The van der Waals surface area contributed by atoms with Crippen LogP contribution in [0.4, 0.5) is 0 Å². The summed E-state index contributed by atoms with van der Waals surface area (Å²) in [7, 11) is 0. The Labute approximate surface area is 163 Å². The van der Waals surface area contributed by atoms with E-state index in [1.807, 2.05) is 32.0 Å². The maximum atomic E-state index is 11.2. The molecule has 3 aromatic rings. The number of carbonyl (C=O) groups is 1. The molecule has 0 amide bonds. The lowest BCUT2D eigenvalue weighted by Gasteiger charge is -2.28. The van der Waals surface area contributed by atoms with E-state index in [1.54, 1.807) is 0 Å². The number of aliphatic carboxylic acids is 1. The third-order valence-electron chi connectivity index (χ3n) is 5.46. The predicted molar refractivity (Wildman–Crippen MR) is 108 cm³/mol. The van der Waals surface area contributed by atoms with Gasteiger partial charge in [-0.15, -0.1) is 0 Å². The molecule has 1 aliphatic carbocycles. The Morgan fingerprint density at radius 1 is 1.36 bits per heavy atom. The first-order valence-corrected chi connectivity index (χ1v) is 9.42. The Kier molecular flexibility index (Phi) is 4.48. The van der Waals surface area contributed by atoms with E-state index >= 15 is 0 Å². The molecule has 4 rings (SSSR count). The van der Waals surface area contributed by atoms with E-state index in [-0.39, 0.29) is 6.04 Å². The minimum atomic E-state index is -1.04. The van der Waals surface area contributed by atoms with Crippen molar-refractivity contribution < 1.29 is 9.90 Å². The van der Waals surface area contributed by atoms with Gasteiger partial charge in [-0.1, -0.05) is 24.3 Å². The van der Waals surface area contributed by atoms with Crippen LogP contribution in [0.3, 0.4) is 0 Å². The molecule has 1 aromatic carbocycles. The Morgan fingerprint density at radius 2 is 2.14 bits per heavy atom. The Bertz CT molecular complexity index is 1160. The van der Waals surface area contributed by atoms with Gasteiger partial charge in [0.05, 0.1) is 17.3 Å². The number of carboxylic acid groups (broad SMARTS) is 1. The molecule has 2 aromatic heterocycles. The van der Waals surface area contributed by atoms with Crippen molar-refractivity contribution in [2.24, 2.45) is 0 Å². The molecule has 1 aliphatic rings. The Balaban J connectivity index is 2.09. The molecular weight excluding hydrogens is 350 g/mol. The summed E-state index contributed by atoms with van der Waals surface area (Å²) in [6, 6.07) is 12.6. The van der Waals surface area contributed by atoms with Crippen molar-refractivity contribution in [2.75, 3.05) is 0 Å². The highest BCUT2D eigenvalue weighted by Crippen LogP contribution is 2.39. The van der Waals surface area contributed by atoms with E-state index in [4.69, 9.17) is 4.98 Å². The zero-order valence-corrected chi connectivity index (χ0v) is 15.9. The second-order valence-corrected chi connectivity index (χ2v) is 7.30. The zero-order chi connectivity index (χ0) is 19.8. The van der Waals surface area contributed by atoms with Crippen molar-refractivity contribution in [2.45, 2.75) is 39.2 Å². The first-order valence-electron chi connectivity index (χ1n) is 9.42. The molecule has 5 heteroatoms. The van der Waals surface area contributed by atoms with Crippen LogP contribution in [0.25, 0.3) is 17.1 Å². The number of hydrogen-bond acceptors (Lipinski definition) is 3. The van der Waals surface area contributed by atoms with Crippen LogP contribution in [0.2, 0.25) is 0 Å². The number of pyridine rings is 1. The first-order chi connectivity index (χ1) is 13.5. The van der Waals surface area contributed by atoms with Gasteiger partial charge in [-0.25, -0.2) is 9.78 Å². The fourth-order valence-corrected chi connectivity index (χ4v) is 4.40. The molecule has 0 fully saturated rings. The van der Waals surface area contributed by atoms with Crippen molar-refractivity contribution in [1.82, 2.24) is 9.55 Å². The summed E-state index contributed by atoms with van der Waals surface area (Å²) in [5.74, 6) is -1.04. The molecule has 1 atom stereocenters. The third kappa shape index (κ3) is 2.87. The molecule has 2 heterocycles. The van der Waals surface area contributed by atoms with Crippen LogP contribution in [0.1, 0.15) is 52.5 Å². The monoisotopic (exact) mass is 371 g/mol. The predicted octanol–water partition coefficient (Wildman–Crippen LogP) is 4.55. The molecule has 0 unspecified atom stereocenters. The van der Waals surface area contributed by atoms with Gasteiger partial charge in [0.25, 0.3) is 0 Å². The summed E-state index contributed by atoms with van der Waals surface area (Å²) >= 11 is 0. The number of nitrogens with zero attached hydrogens (tertiary/aromatic N) is 3. The van der Waals surface area contributed by atoms with Crippen molar-refractivity contribution in [3.05, 3.63) is 70.0 Å². The lowest BCUT2D eigenvalue weighted by atomic mass is 9.87. The van der Waals surface area contributed by atoms with Crippen LogP contribution < -0.4 is 0 Å². The highest BCUT2D eigenvalue weighted by atomic mass is 16.4. The molecule has 0 bridgehead atoms. The molecule has 0 saturated carbocycles. The summed E-state index contributed by atoms with van der Waals surface area (Å²) in [5.41, 5.74) is 6.24. The highest BCUT2D eigenvalue weighted by molar-refractivity contribution is 5.94. The lowest BCUT2D eigenvalue weighted by molar-refractivity contribution is -0.131. The quantitative estimate of drug-likeness (QED) is 0.685. The maximum Gasteiger partial charge on any atom is 0.328 e. The largest absolute Gasteiger partial charge is 0.478 e. The number of aromatic nitrogens is 2. The SMILES string of the molecule is Cc1cc(C)c2c(C#N)c(C=CC(=O)O)n([C@@H]3CCCc4ccccc43)c2n1. The summed E-state index contributed by atoms with van der Waals surface area (Å²) in [4.78, 5) is 16.0. The van der Waals surface area contributed by atoms with Crippen molar-refractivity contribution >= 4 is 23.1 Å². The first kappa shape index (κ1) is 18.0. The molecule has 0 radical (unpaired) electrons. The van der Waals surface area contributed by atoms with Crippen LogP contribution in [0.15, 0.2) is 36.4 Å². The minimum absolute atomic E-state index is 0.0247. The van der Waals surface area contributed by atoms with Gasteiger partial charge in [-0.3, -0.25) is 0 Å². The third-order valence-corrected chi connectivity index (χ3v) is 5.46. The molecular formula is C23H21N3O2. The average Bonchev–Trinajstić information content (AvgIpc) is 2.99. The van der Waals surface area contributed by atoms with Gasteiger partial charge in [0.2, 0.25) is 0 Å².